The largest absolute Gasteiger partial charge is 0.497 e. The molecule has 3 aromatic rings. The smallest absolute Gasteiger partial charge is 0.142 e. The fourth-order valence-electron chi connectivity index (χ4n) is 2.75. The van der Waals surface area contributed by atoms with Crippen LogP contribution in [0.4, 0.5) is 5.82 Å². The minimum Gasteiger partial charge on any atom is -0.497 e. The molecular formula is C21H19N3O. The molecule has 0 amide bonds. The molecule has 0 saturated heterocycles. The Labute approximate surface area is 147 Å². The molecule has 0 aliphatic carbocycles. The Morgan fingerprint density at radius 1 is 1.00 bits per heavy atom. The molecule has 0 bridgehead atoms. The van der Waals surface area contributed by atoms with Crippen molar-refractivity contribution in [1.82, 2.24) is 4.98 Å². The van der Waals surface area contributed by atoms with Crippen molar-refractivity contribution in [3.8, 4) is 34.2 Å². The third-order valence-electron chi connectivity index (χ3n) is 4.34. The predicted molar refractivity (Wildman–Crippen MR) is 100 cm³/mol. The van der Waals surface area contributed by atoms with Crippen molar-refractivity contribution in [2.45, 2.75) is 13.8 Å². The Hall–Kier alpha value is -3.32. The Balaban J connectivity index is 2.22. The van der Waals surface area contributed by atoms with Gasteiger partial charge in [-0.1, -0.05) is 24.3 Å². The van der Waals surface area contributed by atoms with Crippen molar-refractivity contribution in [2.75, 3.05) is 12.8 Å². The number of methoxy groups -OCH3 is 1. The van der Waals surface area contributed by atoms with Crippen LogP contribution in [0, 0.1) is 25.2 Å². The summed E-state index contributed by atoms with van der Waals surface area (Å²) >= 11 is 0. The Bertz CT molecular complexity index is 987. The van der Waals surface area contributed by atoms with Gasteiger partial charge in [0.05, 0.1) is 12.8 Å². The van der Waals surface area contributed by atoms with Crippen molar-refractivity contribution in [3.05, 3.63) is 65.2 Å². The highest BCUT2D eigenvalue weighted by atomic mass is 16.5. The molecular weight excluding hydrogens is 310 g/mol. The summed E-state index contributed by atoms with van der Waals surface area (Å²) in [5.41, 5.74) is 12.2. The second-order valence-corrected chi connectivity index (χ2v) is 5.96. The Morgan fingerprint density at radius 2 is 1.80 bits per heavy atom. The van der Waals surface area contributed by atoms with E-state index in [9.17, 15) is 5.26 Å². The number of aryl methyl sites for hydroxylation is 2. The maximum Gasteiger partial charge on any atom is 0.142 e. The van der Waals surface area contributed by atoms with Gasteiger partial charge in [-0.25, -0.2) is 4.98 Å². The molecule has 0 atom stereocenters. The number of aromatic nitrogens is 1. The predicted octanol–water partition coefficient (Wildman–Crippen LogP) is 4.49. The van der Waals surface area contributed by atoms with Gasteiger partial charge >= 0.3 is 0 Å². The number of nitrogens with two attached hydrogens (primary N) is 1. The highest BCUT2D eigenvalue weighted by molar-refractivity contribution is 5.80. The summed E-state index contributed by atoms with van der Waals surface area (Å²) in [6.45, 7) is 4.14. The van der Waals surface area contributed by atoms with Crippen molar-refractivity contribution in [2.24, 2.45) is 0 Å². The number of pyridine rings is 1. The molecule has 0 saturated carbocycles. The standard InChI is InChI=1S/C21H19N3O/c1-13-7-8-16(9-14(13)2)20-11-18(19(12-22)21(23)24-20)15-5-4-6-17(10-15)25-3/h4-11H,1-3H3,(H2,23,24). The second kappa shape index (κ2) is 6.66. The van der Waals surface area contributed by atoms with E-state index in [1.54, 1.807) is 7.11 Å². The van der Waals surface area contributed by atoms with E-state index in [2.05, 4.69) is 37.0 Å². The summed E-state index contributed by atoms with van der Waals surface area (Å²) in [5.74, 6) is 0.959. The molecule has 3 rings (SSSR count). The van der Waals surface area contributed by atoms with E-state index < -0.39 is 0 Å². The van der Waals surface area contributed by atoms with E-state index in [0.29, 0.717) is 5.56 Å². The lowest BCUT2D eigenvalue weighted by molar-refractivity contribution is 0.415. The maximum absolute atomic E-state index is 9.53. The van der Waals surface area contributed by atoms with E-state index in [1.165, 1.54) is 11.1 Å². The van der Waals surface area contributed by atoms with E-state index in [-0.39, 0.29) is 5.82 Å². The Kier molecular flexibility index (Phi) is 4.40. The first-order valence-corrected chi connectivity index (χ1v) is 7.96. The molecule has 0 unspecified atom stereocenters. The van der Waals surface area contributed by atoms with Gasteiger partial charge in [-0.2, -0.15) is 5.26 Å². The van der Waals surface area contributed by atoms with Gasteiger partial charge in [0.25, 0.3) is 0 Å². The van der Waals surface area contributed by atoms with Crippen LogP contribution in [0.2, 0.25) is 0 Å². The lowest BCUT2D eigenvalue weighted by atomic mass is 9.97. The molecule has 4 nitrogen and oxygen atoms in total. The minimum atomic E-state index is 0.232. The second-order valence-electron chi connectivity index (χ2n) is 5.96. The highest BCUT2D eigenvalue weighted by Crippen LogP contribution is 2.33. The number of rotatable bonds is 3. The molecule has 2 N–H and O–H groups in total. The van der Waals surface area contributed by atoms with Gasteiger partial charge in [0, 0.05) is 11.1 Å². The average Bonchev–Trinajstić information content (AvgIpc) is 2.63. The van der Waals surface area contributed by atoms with Gasteiger partial charge in [0.1, 0.15) is 23.2 Å². The minimum absolute atomic E-state index is 0.232. The zero-order chi connectivity index (χ0) is 18.0. The first kappa shape index (κ1) is 16.5. The normalized spacial score (nSPS) is 10.3. The first-order chi connectivity index (χ1) is 12.0. The van der Waals surface area contributed by atoms with E-state index >= 15 is 0 Å². The van der Waals surface area contributed by atoms with Gasteiger partial charge < -0.3 is 10.5 Å². The van der Waals surface area contributed by atoms with Crippen LogP contribution in [0.3, 0.4) is 0 Å². The quantitative estimate of drug-likeness (QED) is 0.768. The molecule has 0 aliphatic rings. The van der Waals surface area contributed by atoms with Crippen LogP contribution in [0.1, 0.15) is 16.7 Å². The summed E-state index contributed by atoms with van der Waals surface area (Å²) in [6, 6.07) is 17.8. The van der Waals surface area contributed by atoms with Gasteiger partial charge in [0.15, 0.2) is 0 Å². The topological polar surface area (TPSA) is 71.9 Å². The van der Waals surface area contributed by atoms with Gasteiger partial charge in [-0.15, -0.1) is 0 Å². The summed E-state index contributed by atoms with van der Waals surface area (Å²) in [4.78, 5) is 4.44. The molecule has 124 valence electrons. The molecule has 0 radical (unpaired) electrons. The molecule has 0 fully saturated rings. The van der Waals surface area contributed by atoms with Crippen LogP contribution in [0.15, 0.2) is 48.5 Å². The lowest BCUT2D eigenvalue weighted by Gasteiger charge is -2.12. The van der Waals surface area contributed by atoms with Crippen LogP contribution in [-0.2, 0) is 0 Å². The zero-order valence-corrected chi connectivity index (χ0v) is 14.5. The van der Waals surface area contributed by atoms with Gasteiger partial charge in [0.2, 0.25) is 0 Å². The monoisotopic (exact) mass is 329 g/mol. The van der Waals surface area contributed by atoms with Gasteiger partial charge in [-0.05, 0) is 54.8 Å². The number of benzene rings is 2. The van der Waals surface area contributed by atoms with Crippen LogP contribution in [0.5, 0.6) is 5.75 Å². The Morgan fingerprint density at radius 3 is 2.48 bits per heavy atom. The summed E-state index contributed by atoms with van der Waals surface area (Å²) in [7, 11) is 1.62. The van der Waals surface area contributed by atoms with Crippen LogP contribution in [0.25, 0.3) is 22.4 Å². The molecule has 25 heavy (non-hydrogen) atoms. The van der Waals surface area contributed by atoms with Crippen LogP contribution < -0.4 is 10.5 Å². The van der Waals surface area contributed by atoms with E-state index in [0.717, 1.165) is 28.1 Å². The van der Waals surface area contributed by atoms with Crippen molar-refractivity contribution < 1.29 is 4.74 Å². The number of nitriles is 1. The van der Waals surface area contributed by atoms with Crippen molar-refractivity contribution in [3.63, 3.8) is 0 Å². The number of hydrogen-bond acceptors (Lipinski definition) is 4. The maximum atomic E-state index is 9.53. The van der Waals surface area contributed by atoms with E-state index in [4.69, 9.17) is 10.5 Å². The SMILES string of the molecule is COc1cccc(-c2cc(-c3ccc(C)c(C)c3)nc(N)c2C#N)c1. The number of ether oxygens (including phenoxy) is 1. The molecule has 0 spiro atoms. The number of nitrogens with zero attached hydrogens (tertiary/aromatic N) is 2. The number of nitrogen functional groups attached to an aromatic ring is 1. The summed E-state index contributed by atoms with van der Waals surface area (Å²) < 4.78 is 5.29. The van der Waals surface area contributed by atoms with Crippen LogP contribution in [-0.4, -0.2) is 12.1 Å². The number of hydrogen-bond donors (Lipinski definition) is 1. The molecule has 4 heteroatoms. The average molecular weight is 329 g/mol. The number of anilines is 1. The van der Waals surface area contributed by atoms with Crippen molar-refractivity contribution in [1.29, 1.82) is 5.26 Å². The van der Waals surface area contributed by atoms with Crippen LogP contribution >= 0.6 is 0 Å². The van der Waals surface area contributed by atoms with E-state index in [1.807, 2.05) is 36.4 Å². The van der Waals surface area contributed by atoms with Crippen molar-refractivity contribution >= 4 is 5.82 Å². The molecule has 1 heterocycles. The molecule has 0 aliphatic heterocycles. The fraction of sp³-hybridized carbons (Fsp3) is 0.143. The molecule has 1 aromatic heterocycles. The fourth-order valence-corrected chi connectivity index (χ4v) is 2.75. The van der Waals surface area contributed by atoms with Gasteiger partial charge in [-0.3, -0.25) is 0 Å². The highest BCUT2D eigenvalue weighted by Gasteiger charge is 2.14. The third-order valence-corrected chi connectivity index (χ3v) is 4.34. The third kappa shape index (κ3) is 3.17. The summed E-state index contributed by atoms with van der Waals surface area (Å²) in [5, 5.41) is 9.53. The summed E-state index contributed by atoms with van der Waals surface area (Å²) in [6.07, 6.45) is 0. The lowest BCUT2D eigenvalue weighted by Crippen LogP contribution is -2.00. The molecule has 2 aromatic carbocycles. The zero-order valence-electron chi connectivity index (χ0n) is 14.5. The first-order valence-electron chi connectivity index (χ1n) is 7.96.